The summed E-state index contributed by atoms with van der Waals surface area (Å²) in [7, 11) is -1.79. The van der Waals surface area contributed by atoms with Crippen LogP contribution in [0.25, 0.3) is 0 Å². The topological polar surface area (TPSA) is 61.4 Å². The molecular weight excluding hydrogens is 202 g/mol. The van der Waals surface area contributed by atoms with E-state index in [0.717, 1.165) is 19.5 Å². The third-order valence-electron chi connectivity index (χ3n) is 3.24. The van der Waals surface area contributed by atoms with Gasteiger partial charge in [0.25, 0.3) is 10.2 Å². The fourth-order valence-electron chi connectivity index (χ4n) is 2.65. The van der Waals surface area contributed by atoms with E-state index in [1.165, 1.54) is 7.05 Å². The van der Waals surface area contributed by atoms with E-state index >= 15 is 0 Å². The van der Waals surface area contributed by atoms with Crippen LogP contribution in [0.5, 0.6) is 0 Å². The zero-order chi connectivity index (χ0) is 10.3. The highest BCUT2D eigenvalue weighted by Crippen LogP contribution is 2.33. The Balaban J connectivity index is 2.26. The van der Waals surface area contributed by atoms with E-state index in [0.29, 0.717) is 5.92 Å². The average molecular weight is 219 g/mol. The van der Waals surface area contributed by atoms with Crippen LogP contribution in [-0.2, 0) is 10.2 Å². The van der Waals surface area contributed by atoms with Crippen molar-refractivity contribution < 1.29 is 8.42 Å². The zero-order valence-electron chi connectivity index (χ0n) is 8.53. The number of fused-ring (bicyclic) bond motifs is 1. The molecule has 2 saturated heterocycles. The molecule has 2 N–H and O–H groups in total. The number of nitrogens with zero attached hydrogens (tertiary/aromatic N) is 1. The first-order valence-electron chi connectivity index (χ1n) is 4.99. The summed E-state index contributed by atoms with van der Waals surface area (Å²) < 4.78 is 27.5. The van der Waals surface area contributed by atoms with Crippen LogP contribution >= 0.6 is 0 Å². The van der Waals surface area contributed by atoms with Gasteiger partial charge in [0.15, 0.2) is 0 Å². The molecule has 3 unspecified atom stereocenters. The molecule has 0 aromatic rings. The van der Waals surface area contributed by atoms with Crippen molar-refractivity contribution >= 4 is 10.2 Å². The summed E-state index contributed by atoms with van der Waals surface area (Å²) in [6.45, 7) is 3.72. The summed E-state index contributed by atoms with van der Waals surface area (Å²) in [6, 6.07) is 0.284. The molecule has 2 rings (SSSR count). The Morgan fingerprint density at radius 2 is 2.14 bits per heavy atom. The molecule has 0 aromatic heterocycles. The third-order valence-corrected chi connectivity index (χ3v) is 4.95. The van der Waals surface area contributed by atoms with Crippen LogP contribution in [0.1, 0.15) is 13.3 Å². The molecule has 14 heavy (non-hydrogen) atoms. The molecule has 6 heteroatoms. The highest BCUT2D eigenvalue weighted by Gasteiger charge is 2.46. The molecule has 2 fully saturated rings. The second kappa shape index (κ2) is 3.44. The number of nitrogens with one attached hydrogen (secondary N) is 2. The number of hydrogen-bond donors (Lipinski definition) is 2. The van der Waals surface area contributed by atoms with Gasteiger partial charge in [-0.1, -0.05) is 0 Å². The summed E-state index contributed by atoms with van der Waals surface area (Å²) in [5.74, 6) is 0.494. The molecule has 2 aliphatic heterocycles. The SMILES string of the molecule is CNS(=O)(=O)N1C(C)CC2CNCC21. The lowest BCUT2D eigenvalue weighted by molar-refractivity contribution is 0.332. The van der Waals surface area contributed by atoms with Crippen molar-refractivity contribution in [3.05, 3.63) is 0 Å². The van der Waals surface area contributed by atoms with Crippen LogP contribution in [0, 0.1) is 5.92 Å². The molecule has 0 bridgehead atoms. The largest absolute Gasteiger partial charge is 0.315 e. The Hall–Kier alpha value is -0.170. The van der Waals surface area contributed by atoms with Crippen LogP contribution < -0.4 is 10.0 Å². The van der Waals surface area contributed by atoms with Gasteiger partial charge < -0.3 is 5.32 Å². The third kappa shape index (κ3) is 1.46. The lowest BCUT2D eigenvalue weighted by Crippen LogP contribution is -2.47. The Morgan fingerprint density at radius 1 is 1.43 bits per heavy atom. The molecule has 0 spiro atoms. The van der Waals surface area contributed by atoms with Gasteiger partial charge in [0.1, 0.15) is 0 Å². The van der Waals surface area contributed by atoms with Gasteiger partial charge in [-0.05, 0) is 25.8 Å². The van der Waals surface area contributed by atoms with Gasteiger partial charge in [-0.2, -0.15) is 12.7 Å². The number of rotatable bonds is 2. The Labute approximate surface area is 85.0 Å². The second-order valence-corrected chi connectivity index (χ2v) is 5.89. The van der Waals surface area contributed by atoms with E-state index in [-0.39, 0.29) is 12.1 Å². The highest BCUT2D eigenvalue weighted by atomic mass is 32.2. The van der Waals surface area contributed by atoms with Crippen LogP contribution in [-0.4, -0.2) is 44.9 Å². The number of hydrogen-bond acceptors (Lipinski definition) is 3. The van der Waals surface area contributed by atoms with Crippen LogP contribution in [0.3, 0.4) is 0 Å². The minimum Gasteiger partial charge on any atom is -0.315 e. The van der Waals surface area contributed by atoms with Crippen molar-refractivity contribution in [2.24, 2.45) is 5.92 Å². The standard InChI is InChI=1S/C8H17N3O2S/c1-6-3-7-4-10-5-8(7)11(6)14(12,13)9-2/h6-10H,3-5H2,1-2H3. The Morgan fingerprint density at radius 3 is 2.79 bits per heavy atom. The Kier molecular flexibility index (Phi) is 2.55. The summed E-state index contributed by atoms with van der Waals surface area (Å²) in [5, 5.41) is 3.24. The van der Waals surface area contributed by atoms with Gasteiger partial charge in [-0.25, -0.2) is 4.72 Å². The van der Waals surface area contributed by atoms with E-state index in [1.807, 2.05) is 6.92 Å². The van der Waals surface area contributed by atoms with Gasteiger partial charge in [-0.3, -0.25) is 0 Å². The van der Waals surface area contributed by atoms with Crippen LogP contribution in [0.2, 0.25) is 0 Å². The molecular formula is C8H17N3O2S. The first-order valence-corrected chi connectivity index (χ1v) is 6.43. The van der Waals surface area contributed by atoms with E-state index in [9.17, 15) is 8.42 Å². The van der Waals surface area contributed by atoms with Crippen molar-refractivity contribution in [3.8, 4) is 0 Å². The lowest BCUT2D eigenvalue weighted by atomic mass is 10.0. The molecule has 5 nitrogen and oxygen atoms in total. The van der Waals surface area contributed by atoms with E-state index in [1.54, 1.807) is 4.31 Å². The first kappa shape index (κ1) is 10.4. The molecule has 0 radical (unpaired) electrons. The molecule has 0 amide bonds. The van der Waals surface area contributed by atoms with Crippen molar-refractivity contribution in [1.29, 1.82) is 0 Å². The molecule has 0 aliphatic carbocycles. The monoisotopic (exact) mass is 219 g/mol. The van der Waals surface area contributed by atoms with E-state index in [2.05, 4.69) is 10.0 Å². The molecule has 0 saturated carbocycles. The smallest absolute Gasteiger partial charge is 0.279 e. The lowest BCUT2D eigenvalue weighted by Gasteiger charge is -2.25. The fraction of sp³-hybridized carbons (Fsp3) is 1.00. The van der Waals surface area contributed by atoms with Crippen molar-refractivity contribution in [2.75, 3.05) is 20.1 Å². The molecule has 2 aliphatic rings. The maximum absolute atomic E-state index is 11.7. The Bertz CT molecular complexity index is 317. The van der Waals surface area contributed by atoms with Crippen molar-refractivity contribution in [2.45, 2.75) is 25.4 Å². The zero-order valence-corrected chi connectivity index (χ0v) is 9.34. The van der Waals surface area contributed by atoms with Gasteiger partial charge >= 0.3 is 0 Å². The summed E-state index contributed by atoms with van der Waals surface area (Å²) in [5.41, 5.74) is 0. The summed E-state index contributed by atoms with van der Waals surface area (Å²) in [6.07, 6.45) is 0.971. The molecule has 2 heterocycles. The minimum atomic E-state index is -3.26. The van der Waals surface area contributed by atoms with E-state index < -0.39 is 10.2 Å². The minimum absolute atomic E-state index is 0.129. The van der Waals surface area contributed by atoms with Crippen molar-refractivity contribution in [1.82, 2.24) is 14.3 Å². The highest BCUT2D eigenvalue weighted by molar-refractivity contribution is 7.87. The predicted molar refractivity (Wildman–Crippen MR) is 54.0 cm³/mol. The molecule has 0 aromatic carbocycles. The molecule has 82 valence electrons. The van der Waals surface area contributed by atoms with Crippen LogP contribution in [0.4, 0.5) is 0 Å². The fourth-order valence-corrected chi connectivity index (χ4v) is 4.02. The van der Waals surface area contributed by atoms with Gasteiger partial charge in [0, 0.05) is 25.7 Å². The maximum atomic E-state index is 11.7. The van der Waals surface area contributed by atoms with Gasteiger partial charge in [-0.15, -0.1) is 0 Å². The summed E-state index contributed by atoms with van der Waals surface area (Å²) in [4.78, 5) is 0. The maximum Gasteiger partial charge on any atom is 0.279 e. The van der Waals surface area contributed by atoms with Gasteiger partial charge in [0.2, 0.25) is 0 Å². The summed E-state index contributed by atoms with van der Waals surface area (Å²) >= 11 is 0. The van der Waals surface area contributed by atoms with Crippen LogP contribution in [0.15, 0.2) is 0 Å². The van der Waals surface area contributed by atoms with E-state index in [4.69, 9.17) is 0 Å². The van der Waals surface area contributed by atoms with Crippen molar-refractivity contribution in [3.63, 3.8) is 0 Å². The normalized spacial score (nSPS) is 38.9. The first-order chi connectivity index (χ1) is 6.56. The molecule has 3 atom stereocenters. The second-order valence-electron chi connectivity index (χ2n) is 4.11. The van der Waals surface area contributed by atoms with Gasteiger partial charge in [0.05, 0.1) is 0 Å². The predicted octanol–water partition coefficient (Wildman–Crippen LogP) is -0.867. The quantitative estimate of drug-likeness (QED) is 0.635. The average Bonchev–Trinajstić information content (AvgIpc) is 2.62.